The number of hydrogen-bond donors (Lipinski definition) is 0. The summed E-state index contributed by atoms with van der Waals surface area (Å²) < 4.78 is 2.20. The van der Waals surface area contributed by atoms with Crippen LogP contribution in [-0.2, 0) is 7.05 Å². The van der Waals surface area contributed by atoms with E-state index in [2.05, 4.69) is 66.2 Å². The number of rotatable bonds is 0. The summed E-state index contributed by atoms with van der Waals surface area (Å²) in [7, 11) is 4.25. The van der Waals surface area contributed by atoms with Crippen LogP contribution in [0.4, 0.5) is 5.69 Å². The second-order valence-electron chi connectivity index (χ2n) is 4.34. The first-order chi connectivity index (χ1) is 7.77. The molecule has 80 valence electrons. The Hall–Kier alpha value is -1.83. The van der Waals surface area contributed by atoms with E-state index >= 15 is 0 Å². The molecule has 16 heavy (non-hydrogen) atoms. The lowest BCUT2D eigenvalue weighted by Crippen LogP contribution is -2.32. The molecule has 0 spiro atoms. The Kier molecular flexibility index (Phi) is 1.96. The van der Waals surface area contributed by atoms with Crippen molar-refractivity contribution in [1.29, 1.82) is 0 Å². The van der Waals surface area contributed by atoms with Gasteiger partial charge in [0.15, 0.2) is 6.20 Å². The fraction of sp³-hybridized carbons (Fsp3) is 0.214. The fourth-order valence-electron chi connectivity index (χ4n) is 2.43. The van der Waals surface area contributed by atoms with Gasteiger partial charge in [-0.1, -0.05) is 18.2 Å². The van der Waals surface area contributed by atoms with Crippen molar-refractivity contribution in [2.45, 2.75) is 0 Å². The molecule has 2 aromatic rings. The van der Waals surface area contributed by atoms with E-state index in [0.717, 1.165) is 6.54 Å². The Labute approximate surface area is 95.4 Å². The van der Waals surface area contributed by atoms with E-state index in [9.17, 15) is 0 Å². The second-order valence-corrected chi connectivity index (χ2v) is 4.34. The first-order valence-corrected chi connectivity index (χ1v) is 5.56. The Balaban J connectivity index is 2.46. The predicted molar refractivity (Wildman–Crippen MR) is 67.4 cm³/mol. The van der Waals surface area contributed by atoms with Crippen molar-refractivity contribution in [3.63, 3.8) is 0 Å². The average Bonchev–Trinajstić information content (AvgIpc) is 2.29. The molecule has 0 atom stereocenters. The molecule has 2 nitrogen and oxygen atoms in total. The topological polar surface area (TPSA) is 7.12 Å². The van der Waals surface area contributed by atoms with E-state index in [0.29, 0.717) is 0 Å². The molecule has 0 radical (unpaired) electrons. The van der Waals surface area contributed by atoms with Crippen LogP contribution in [-0.4, -0.2) is 13.6 Å². The van der Waals surface area contributed by atoms with Gasteiger partial charge in [-0.3, -0.25) is 0 Å². The van der Waals surface area contributed by atoms with Crippen LogP contribution in [0.5, 0.6) is 0 Å². The van der Waals surface area contributed by atoms with Crippen molar-refractivity contribution in [3.05, 3.63) is 42.1 Å². The van der Waals surface area contributed by atoms with E-state index in [-0.39, 0.29) is 0 Å². The standard InChI is InChI=1S/C14H15N2/c1-15-9-3-5-11-7-8-12-6-4-10-16(2)14(12)13(11)15/h3-9H,10H2,1-2H3/q+1. The molecular weight excluding hydrogens is 196 g/mol. The van der Waals surface area contributed by atoms with Crippen LogP contribution < -0.4 is 9.47 Å². The van der Waals surface area contributed by atoms with Crippen LogP contribution in [0.1, 0.15) is 5.56 Å². The summed E-state index contributed by atoms with van der Waals surface area (Å²) in [6.45, 7) is 0.987. The van der Waals surface area contributed by atoms with E-state index in [1.54, 1.807) is 0 Å². The van der Waals surface area contributed by atoms with Gasteiger partial charge < -0.3 is 4.90 Å². The van der Waals surface area contributed by atoms with Crippen LogP contribution in [0.3, 0.4) is 0 Å². The van der Waals surface area contributed by atoms with Crippen molar-refractivity contribution in [2.24, 2.45) is 7.05 Å². The quantitative estimate of drug-likeness (QED) is 0.605. The third kappa shape index (κ3) is 1.23. The molecule has 0 bridgehead atoms. The normalized spacial score (nSPS) is 14.2. The summed E-state index contributed by atoms with van der Waals surface area (Å²) in [5.41, 5.74) is 3.96. The molecule has 0 unspecified atom stereocenters. The molecule has 3 rings (SSSR count). The van der Waals surface area contributed by atoms with Crippen molar-refractivity contribution >= 4 is 22.7 Å². The zero-order chi connectivity index (χ0) is 11.1. The van der Waals surface area contributed by atoms with Crippen LogP contribution in [0.2, 0.25) is 0 Å². The minimum atomic E-state index is 0.987. The molecule has 0 saturated heterocycles. The number of benzene rings is 1. The summed E-state index contributed by atoms with van der Waals surface area (Å²) in [6, 6.07) is 8.65. The smallest absolute Gasteiger partial charge is 0.236 e. The van der Waals surface area contributed by atoms with Gasteiger partial charge in [0.2, 0.25) is 5.52 Å². The number of aromatic nitrogens is 1. The van der Waals surface area contributed by atoms with Gasteiger partial charge in [-0.05, 0) is 12.1 Å². The summed E-state index contributed by atoms with van der Waals surface area (Å²) in [6.07, 6.45) is 6.52. The Morgan fingerprint density at radius 1 is 1.25 bits per heavy atom. The molecule has 0 saturated carbocycles. The van der Waals surface area contributed by atoms with E-state index in [1.807, 2.05) is 0 Å². The number of fused-ring (bicyclic) bond motifs is 3. The van der Waals surface area contributed by atoms with Crippen molar-refractivity contribution in [3.8, 4) is 0 Å². The molecule has 1 aliphatic heterocycles. The van der Waals surface area contributed by atoms with Gasteiger partial charge >= 0.3 is 0 Å². The summed E-state index contributed by atoms with van der Waals surface area (Å²) in [5.74, 6) is 0. The molecular formula is C14H15N2+. The molecule has 2 heterocycles. The zero-order valence-electron chi connectivity index (χ0n) is 9.64. The van der Waals surface area contributed by atoms with Gasteiger partial charge in [-0.25, -0.2) is 0 Å². The highest BCUT2D eigenvalue weighted by Gasteiger charge is 2.18. The molecule has 1 aromatic heterocycles. The van der Waals surface area contributed by atoms with Gasteiger partial charge in [0.1, 0.15) is 12.7 Å². The molecule has 0 fully saturated rings. The number of aryl methyl sites for hydroxylation is 1. The minimum absolute atomic E-state index is 0.987. The highest BCUT2D eigenvalue weighted by atomic mass is 15.1. The van der Waals surface area contributed by atoms with Crippen molar-refractivity contribution in [2.75, 3.05) is 18.5 Å². The maximum Gasteiger partial charge on any atom is 0.236 e. The third-order valence-corrected chi connectivity index (χ3v) is 3.21. The minimum Gasteiger partial charge on any atom is -0.365 e. The first-order valence-electron chi connectivity index (χ1n) is 5.56. The largest absolute Gasteiger partial charge is 0.365 e. The summed E-state index contributed by atoms with van der Waals surface area (Å²) >= 11 is 0. The number of likely N-dealkylation sites (N-methyl/N-ethyl adjacent to an activating group) is 1. The van der Waals surface area contributed by atoms with Gasteiger partial charge in [-0.2, -0.15) is 4.57 Å². The maximum atomic E-state index is 2.30. The lowest BCUT2D eigenvalue weighted by molar-refractivity contribution is -0.644. The van der Waals surface area contributed by atoms with Crippen molar-refractivity contribution < 1.29 is 4.57 Å². The SMILES string of the molecule is CN1CC=Cc2ccc3ccc[n+](C)c3c21. The molecule has 0 amide bonds. The Bertz CT molecular complexity index is 585. The average molecular weight is 211 g/mol. The van der Waals surface area contributed by atoms with Gasteiger partial charge in [-0.15, -0.1) is 0 Å². The molecule has 1 aromatic carbocycles. The van der Waals surface area contributed by atoms with Gasteiger partial charge in [0.25, 0.3) is 0 Å². The summed E-state index contributed by atoms with van der Waals surface area (Å²) in [5, 5.41) is 1.30. The first kappa shape index (κ1) is 9.40. The van der Waals surface area contributed by atoms with E-state index in [1.165, 1.54) is 22.2 Å². The predicted octanol–water partition coefficient (Wildman–Crippen LogP) is 2.13. The molecule has 1 aliphatic rings. The fourth-order valence-corrected chi connectivity index (χ4v) is 2.43. The van der Waals surface area contributed by atoms with Crippen molar-refractivity contribution in [1.82, 2.24) is 0 Å². The van der Waals surface area contributed by atoms with Gasteiger partial charge in [0, 0.05) is 30.6 Å². The van der Waals surface area contributed by atoms with Gasteiger partial charge in [0.05, 0.1) is 0 Å². The number of hydrogen-bond acceptors (Lipinski definition) is 1. The maximum absolute atomic E-state index is 2.30. The monoisotopic (exact) mass is 211 g/mol. The third-order valence-electron chi connectivity index (χ3n) is 3.21. The number of nitrogens with zero attached hydrogens (tertiary/aromatic N) is 2. The van der Waals surface area contributed by atoms with Crippen LogP contribution in [0, 0.1) is 0 Å². The Morgan fingerprint density at radius 2 is 2.12 bits per heavy atom. The lowest BCUT2D eigenvalue weighted by atomic mass is 10.0. The lowest BCUT2D eigenvalue weighted by Gasteiger charge is -2.23. The van der Waals surface area contributed by atoms with E-state index in [4.69, 9.17) is 0 Å². The highest BCUT2D eigenvalue weighted by molar-refractivity contribution is 5.94. The van der Waals surface area contributed by atoms with Crippen LogP contribution in [0.25, 0.3) is 17.0 Å². The zero-order valence-corrected chi connectivity index (χ0v) is 9.64. The van der Waals surface area contributed by atoms with E-state index < -0.39 is 0 Å². The Morgan fingerprint density at radius 3 is 3.00 bits per heavy atom. The number of anilines is 1. The molecule has 2 heteroatoms. The highest BCUT2D eigenvalue weighted by Crippen LogP contribution is 2.30. The molecule has 0 aliphatic carbocycles. The summed E-state index contributed by atoms with van der Waals surface area (Å²) in [4.78, 5) is 2.30. The second kappa shape index (κ2) is 3.34. The van der Waals surface area contributed by atoms with Crippen LogP contribution in [0.15, 0.2) is 36.5 Å². The molecule has 0 N–H and O–H groups in total. The number of pyridine rings is 1. The van der Waals surface area contributed by atoms with Crippen LogP contribution >= 0.6 is 0 Å².